The van der Waals surface area contributed by atoms with Crippen molar-refractivity contribution in [3.05, 3.63) is 51.2 Å². The number of rotatable bonds is 4. The number of amides is 1. The maximum absolute atomic E-state index is 12.5. The van der Waals surface area contributed by atoms with Crippen LogP contribution >= 0.6 is 34.3 Å². The quantitative estimate of drug-likeness (QED) is 0.663. The lowest BCUT2D eigenvalue weighted by molar-refractivity contribution is 0.102. The van der Waals surface area contributed by atoms with Crippen molar-refractivity contribution in [2.45, 2.75) is 6.42 Å². The fraction of sp³-hybridized carbons (Fsp3) is 0.176. The standard InChI is InChI=1S/C17H14ClN3O3S3/c1-27(23,24)21-7-6-10-8-11(2-3-13(10)21)16(22)20-17-19-12(9-25-17)14-4-5-15(18)26-14/h2-5,8-9H,6-7H2,1H3,(H,19,20,22). The topological polar surface area (TPSA) is 79.4 Å². The van der Waals surface area contributed by atoms with E-state index in [0.717, 1.165) is 16.1 Å². The van der Waals surface area contributed by atoms with Crippen molar-refractivity contribution in [2.24, 2.45) is 0 Å². The Morgan fingerprint density at radius 1 is 1.30 bits per heavy atom. The fourth-order valence-electron chi connectivity index (χ4n) is 2.92. The highest BCUT2D eigenvalue weighted by Crippen LogP contribution is 2.33. The van der Waals surface area contributed by atoms with E-state index in [1.807, 2.05) is 17.5 Å². The Morgan fingerprint density at radius 2 is 2.11 bits per heavy atom. The number of benzene rings is 1. The predicted molar refractivity (Wildman–Crippen MR) is 111 cm³/mol. The number of hydrogen-bond acceptors (Lipinski definition) is 6. The van der Waals surface area contributed by atoms with Gasteiger partial charge in [0, 0.05) is 17.5 Å². The van der Waals surface area contributed by atoms with Gasteiger partial charge in [-0.3, -0.25) is 14.4 Å². The highest BCUT2D eigenvalue weighted by Gasteiger charge is 2.26. The molecule has 1 aliphatic heterocycles. The lowest BCUT2D eigenvalue weighted by Crippen LogP contribution is -2.27. The second-order valence-electron chi connectivity index (χ2n) is 6.02. The van der Waals surface area contributed by atoms with E-state index in [4.69, 9.17) is 11.6 Å². The molecule has 1 amide bonds. The molecular formula is C17H14ClN3O3S3. The zero-order chi connectivity index (χ0) is 19.2. The summed E-state index contributed by atoms with van der Waals surface area (Å²) < 4.78 is 25.7. The van der Waals surface area contributed by atoms with Gasteiger partial charge in [0.2, 0.25) is 10.0 Å². The number of nitrogens with one attached hydrogen (secondary N) is 1. The number of hydrogen-bond donors (Lipinski definition) is 1. The van der Waals surface area contributed by atoms with Crippen LogP contribution in [-0.2, 0) is 16.4 Å². The number of fused-ring (bicyclic) bond motifs is 1. The van der Waals surface area contributed by atoms with Crippen LogP contribution < -0.4 is 9.62 Å². The lowest BCUT2D eigenvalue weighted by Gasteiger charge is -2.16. The summed E-state index contributed by atoms with van der Waals surface area (Å²) in [7, 11) is -3.30. The first-order chi connectivity index (χ1) is 12.8. The lowest BCUT2D eigenvalue weighted by atomic mass is 10.1. The van der Waals surface area contributed by atoms with Crippen molar-refractivity contribution in [1.82, 2.24) is 4.98 Å². The summed E-state index contributed by atoms with van der Waals surface area (Å²) in [6.45, 7) is 0.401. The molecule has 4 rings (SSSR count). The van der Waals surface area contributed by atoms with Crippen molar-refractivity contribution in [2.75, 3.05) is 22.4 Å². The van der Waals surface area contributed by atoms with Crippen LogP contribution in [0.1, 0.15) is 15.9 Å². The summed E-state index contributed by atoms with van der Waals surface area (Å²) >= 11 is 8.72. The number of halogens is 1. The molecular weight excluding hydrogens is 426 g/mol. The smallest absolute Gasteiger partial charge is 0.257 e. The molecule has 140 valence electrons. The first-order valence-corrected chi connectivity index (χ1v) is 11.9. The molecule has 0 aliphatic carbocycles. The molecule has 0 bridgehead atoms. The number of thiophene rings is 1. The van der Waals surface area contributed by atoms with Gasteiger partial charge in [-0.05, 0) is 42.3 Å². The van der Waals surface area contributed by atoms with E-state index in [0.29, 0.717) is 33.7 Å². The second-order valence-corrected chi connectivity index (χ2v) is 10.5. The van der Waals surface area contributed by atoms with Gasteiger partial charge in [0.15, 0.2) is 5.13 Å². The molecule has 6 nitrogen and oxygen atoms in total. The molecule has 2 aromatic heterocycles. The molecule has 0 spiro atoms. The number of anilines is 2. The van der Waals surface area contributed by atoms with Crippen LogP contribution in [-0.4, -0.2) is 32.1 Å². The molecule has 1 N–H and O–H groups in total. The summed E-state index contributed by atoms with van der Waals surface area (Å²) in [5.74, 6) is -0.277. The van der Waals surface area contributed by atoms with Gasteiger partial charge in [-0.15, -0.1) is 22.7 Å². The average Bonchev–Trinajstić information content (AvgIpc) is 3.32. The minimum Gasteiger partial charge on any atom is -0.298 e. The molecule has 0 unspecified atom stereocenters. The molecule has 0 atom stereocenters. The molecule has 27 heavy (non-hydrogen) atoms. The van der Waals surface area contributed by atoms with E-state index >= 15 is 0 Å². The molecule has 0 saturated carbocycles. The van der Waals surface area contributed by atoms with E-state index in [-0.39, 0.29) is 5.91 Å². The number of carbonyl (C=O) groups is 1. The third-order valence-corrected chi connectivity index (χ3v) is 7.34. The van der Waals surface area contributed by atoms with Gasteiger partial charge >= 0.3 is 0 Å². The van der Waals surface area contributed by atoms with Gasteiger partial charge in [-0.1, -0.05) is 11.6 Å². The molecule has 0 fully saturated rings. The molecule has 0 radical (unpaired) electrons. The number of carbonyl (C=O) groups excluding carboxylic acids is 1. The van der Waals surface area contributed by atoms with Crippen LogP contribution in [0, 0.1) is 0 Å². The van der Waals surface area contributed by atoms with Crippen LogP contribution in [0.15, 0.2) is 35.7 Å². The largest absolute Gasteiger partial charge is 0.298 e. The predicted octanol–water partition coefficient (Wildman–Crippen LogP) is 4.10. The minimum absolute atomic E-state index is 0.277. The van der Waals surface area contributed by atoms with Crippen molar-refractivity contribution in [1.29, 1.82) is 0 Å². The summed E-state index contributed by atoms with van der Waals surface area (Å²) in [4.78, 5) is 17.9. The summed E-state index contributed by atoms with van der Waals surface area (Å²) in [5, 5.41) is 5.16. The monoisotopic (exact) mass is 439 g/mol. The number of sulfonamides is 1. The SMILES string of the molecule is CS(=O)(=O)N1CCc2cc(C(=O)Nc3nc(-c4ccc(Cl)s4)cs3)ccc21. The van der Waals surface area contributed by atoms with Crippen molar-refractivity contribution < 1.29 is 13.2 Å². The van der Waals surface area contributed by atoms with Gasteiger partial charge in [-0.25, -0.2) is 13.4 Å². The molecule has 1 aliphatic rings. The van der Waals surface area contributed by atoms with Gasteiger partial charge in [0.25, 0.3) is 5.91 Å². The molecule has 3 heterocycles. The van der Waals surface area contributed by atoms with Gasteiger partial charge in [-0.2, -0.15) is 0 Å². The molecule has 3 aromatic rings. The van der Waals surface area contributed by atoms with Gasteiger partial charge in [0.05, 0.1) is 26.9 Å². The zero-order valence-electron chi connectivity index (χ0n) is 14.1. The Bertz CT molecular complexity index is 1140. The Morgan fingerprint density at radius 3 is 2.81 bits per heavy atom. The van der Waals surface area contributed by atoms with Crippen LogP contribution in [0.2, 0.25) is 4.34 Å². The maximum atomic E-state index is 12.5. The van der Waals surface area contributed by atoms with E-state index in [1.54, 1.807) is 18.2 Å². The number of aromatic nitrogens is 1. The first-order valence-electron chi connectivity index (χ1n) is 7.94. The number of nitrogens with zero attached hydrogens (tertiary/aromatic N) is 2. The Kier molecular flexibility index (Phi) is 4.71. The van der Waals surface area contributed by atoms with E-state index in [9.17, 15) is 13.2 Å². The van der Waals surface area contributed by atoms with Crippen molar-refractivity contribution in [3.63, 3.8) is 0 Å². The third-order valence-electron chi connectivity index (χ3n) is 4.15. The van der Waals surface area contributed by atoms with Crippen LogP contribution in [0.5, 0.6) is 0 Å². The number of thiazole rings is 1. The summed E-state index contributed by atoms with van der Waals surface area (Å²) in [6, 6.07) is 8.75. The Hall–Kier alpha value is -1.94. The summed E-state index contributed by atoms with van der Waals surface area (Å²) in [5.41, 5.74) is 2.73. The zero-order valence-corrected chi connectivity index (χ0v) is 17.3. The van der Waals surface area contributed by atoms with Crippen LogP contribution in [0.25, 0.3) is 10.6 Å². The first kappa shape index (κ1) is 18.4. The highest BCUT2D eigenvalue weighted by atomic mass is 35.5. The van der Waals surface area contributed by atoms with E-state index in [1.165, 1.54) is 33.2 Å². The molecule has 0 saturated heterocycles. The summed E-state index contributed by atoms with van der Waals surface area (Å²) in [6.07, 6.45) is 1.77. The normalized spacial score (nSPS) is 13.6. The van der Waals surface area contributed by atoms with Crippen LogP contribution in [0.3, 0.4) is 0 Å². The maximum Gasteiger partial charge on any atom is 0.257 e. The molecule has 1 aromatic carbocycles. The average molecular weight is 440 g/mol. The second kappa shape index (κ2) is 6.90. The van der Waals surface area contributed by atoms with E-state index in [2.05, 4.69) is 10.3 Å². The third kappa shape index (κ3) is 3.73. The van der Waals surface area contributed by atoms with Crippen LogP contribution in [0.4, 0.5) is 10.8 Å². The Balaban J connectivity index is 1.52. The highest BCUT2D eigenvalue weighted by molar-refractivity contribution is 7.92. The molecule has 10 heteroatoms. The Labute approximate surface area is 169 Å². The fourth-order valence-corrected chi connectivity index (χ4v) is 5.67. The van der Waals surface area contributed by atoms with Crippen molar-refractivity contribution >= 4 is 61.0 Å². The van der Waals surface area contributed by atoms with E-state index < -0.39 is 10.0 Å². The minimum atomic E-state index is -3.30. The van der Waals surface area contributed by atoms with Gasteiger partial charge in [0.1, 0.15) is 0 Å². The van der Waals surface area contributed by atoms with Gasteiger partial charge < -0.3 is 0 Å². The van der Waals surface area contributed by atoms with Crippen molar-refractivity contribution in [3.8, 4) is 10.6 Å².